The van der Waals surface area contributed by atoms with Gasteiger partial charge in [0.25, 0.3) is 10.1 Å². The molecule has 0 aromatic rings. The van der Waals surface area contributed by atoms with Gasteiger partial charge in [-0.25, -0.2) is 0 Å². The normalized spacial score (nSPS) is 10.7. The first-order valence-electron chi connectivity index (χ1n) is 2.92. The smallest absolute Gasteiger partial charge is 0.266 e. The molecule has 0 saturated heterocycles. The third-order valence-corrected chi connectivity index (χ3v) is 1.58. The van der Waals surface area contributed by atoms with E-state index < -0.39 is 10.1 Å². The van der Waals surface area contributed by atoms with Crippen LogP contribution in [-0.2, 0) is 10.1 Å². The molecule has 0 aliphatic heterocycles. The van der Waals surface area contributed by atoms with E-state index in [0.717, 1.165) is 0 Å². The minimum Gasteiger partial charge on any atom is -0.329 e. The maximum Gasteiger partial charge on any atom is 0.266 e. The van der Waals surface area contributed by atoms with E-state index in [1.165, 1.54) is 0 Å². The fourth-order valence-electron chi connectivity index (χ4n) is 0.428. The molecule has 0 amide bonds. The van der Waals surface area contributed by atoms with Gasteiger partial charge in [-0.1, -0.05) is 0 Å². The summed E-state index contributed by atoms with van der Waals surface area (Å²) in [6, 6.07) is 0. The van der Waals surface area contributed by atoms with Gasteiger partial charge in [-0.05, 0) is 0 Å². The molecule has 4 N–H and O–H groups in total. The summed E-state index contributed by atoms with van der Waals surface area (Å²) >= 11 is 0. The van der Waals surface area contributed by atoms with E-state index in [9.17, 15) is 8.42 Å². The van der Waals surface area contributed by atoms with Crippen molar-refractivity contribution >= 4 is 61.5 Å². The fraction of sp³-hybridized carbons (Fsp3) is 1.00. The Morgan fingerprint density at radius 1 is 1.36 bits per heavy atom. The van der Waals surface area contributed by atoms with E-state index in [-0.39, 0.29) is 63.7 Å². The van der Waals surface area contributed by atoms with E-state index in [1.807, 2.05) is 0 Å². The van der Waals surface area contributed by atoms with Gasteiger partial charge in [0.05, 0.1) is 5.75 Å². The SMILES string of the molecule is NCCNCCS(=O)(=O)O.[K]. The topological polar surface area (TPSA) is 92.4 Å². The molecule has 0 rings (SSSR count). The molecule has 0 unspecified atom stereocenters. The maximum atomic E-state index is 10.1. The second-order valence-electron chi connectivity index (χ2n) is 1.82. The van der Waals surface area contributed by atoms with Crippen molar-refractivity contribution in [3.63, 3.8) is 0 Å². The van der Waals surface area contributed by atoms with Crippen LogP contribution >= 0.6 is 0 Å². The molecule has 5 nitrogen and oxygen atoms in total. The van der Waals surface area contributed by atoms with Crippen LogP contribution in [0.1, 0.15) is 0 Å². The van der Waals surface area contributed by atoms with Crippen molar-refractivity contribution in [2.24, 2.45) is 5.73 Å². The van der Waals surface area contributed by atoms with Crippen LogP contribution in [0, 0.1) is 0 Å². The first kappa shape index (κ1) is 15.0. The van der Waals surface area contributed by atoms with Crippen LogP contribution in [0.2, 0.25) is 0 Å². The third kappa shape index (κ3) is 14.3. The van der Waals surface area contributed by atoms with Crippen molar-refractivity contribution in [1.29, 1.82) is 0 Å². The van der Waals surface area contributed by atoms with Gasteiger partial charge in [0, 0.05) is 71.0 Å². The van der Waals surface area contributed by atoms with Crippen LogP contribution in [0.25, 0.3) is 0 Å². The Morgan fingerprint density at radius 2 is 1.91 bits per heavy atom. The van der Waals surface area contributed by atoms with E-state index >= 15 is 0 Å². The summed E-state index contributed by atoms with van der Waals surface area (Å²) in [5.41, 5.74) is 5.10. The Kier molecular flexibility index (Phi) is 11.0. The second kappa shape index (κ2) is 8.08. The Balaban J connectivity index is 0. The molecule has 7 heteroatoms. The Bertz CT molecular complexity index is 170. The summed E-state index contributed by atoms with van der Waals surface area (Å²) in [7, 11) is -3.81. The monoisotopic (exact) mass is 207 g/mol. The molecule has 0 aromatic carbocycles. The number of hydrogen-bond donors (Lipinski definition) is 3. The van der Waals surface area contributed by atoms with Crippen LogP contribution in [0.3, 0.4) is 0 Å². The first-order valence-corrected chi connectivity index (χ1v) is 4.53. The summed E-state index contributed by atoms with van der Waals surface area (Å²) < 4.78 is 28.4. The Hall–Kier alpha value is 1.47. The zero-order valence-electron chi connectivity index (χ0n) is 6.58. The van der Waals surface area contributed by atoms with Gasteiger partial charge >= 0.3 is 0 Å². The number of nitrogens with one attached hydrogen (secondary N) is 1. The van der Waals surface area contributed by atoms with Crippen LogP contribution < -0.4 is 11.1 Å². The molecule has 0 spiro atoms. The third-order valence-electron chi connectivity index (χ3n) is 0.858. The van der Waals surface area contributed by atoms with Gasteiger partial charge in [-0.3, -0.25) is 4.55 Å². The summed E-state index contributed by atoms with van der Waals surface area (Å²) in [5.74, 6) is -0.257. The molecule has 1 radical (unpaired) electrons. The van der Waals surface area contributed by atoms with Crippen LogP contribution in [-0.4, -0.2) is 89.7 Å². The largest absolute Gasteiger partial charge is 0.329 e. The number of rotatable bonds is 5. The molecule has 0 saturated carbocycles. The van der Waals surface area contributed by atoms with Gasteiger partial charge < -0.3 is 11.1 Å². The molecule has 0 aliphatic rings. The molecule has 63 valence electrons. The molecule has 11 heavy (non-hydrogen) atoms. The van der Waals surface area contributed by atoms with E-state index in [0.29, 0.717) is 13.1 Å². The summed E-state index contributed by atoms with van der Waals surface area (Å²) in [6.07, 6.45) is 0. The van der Waals surface area contributed by atoms with Crippen molar-refractivity contribution in [3.8, 4) is 0 Å². The van der Waals surface area contributed by atoms with Crippen molar-refractivity contribution in [2.75, 3.05) is 25.4 Å². The quantitative estimate of drug-likeness (QED) is 0.277. The standard InChI is InChI=1S/C4H12N2O3S.K/c5-1-2-6-3-4-10(7,8)9;/h6H,1-5H2,(H,7,8,9);. The summed E-state index contributed by atoms with van der Waals surface area (Å²) in [4.78, 5) is 0. The second-order valence-corrected chi connectivity index (χ2v) is 3.40. The molecule has 0 aromatic heterocycles. The summed E-state index contributed by atoms with van der Waals surface area (Å²) in [5, 5.41) is 2.73. The summed E-state index contributed by atoms with van der Waals surface area (Å²) in [6.45, 7) is 1.27. The van der Waals surface area contributed by atoms with E-state index in [2.05, 4.69) is 5.32 Å². The minimum absolute atomic E-state index is 0. The van der Waals surface area contributed by atoms with Crippen molar-refractivity contribution < 1.29 is 13.0 Å². The molecule has 0 heterocycles. The maximum absolute atomic E-state index is 10.1. The van der Waals surface area contributed by atoms with Crippen LogP contribution in [0.5, 0.6) is 0 Å². The van der Waals surface area contributed by atoms with Crippen molar-refractivity contribution in [3.05, 3.63) is 0 Å². The van der Waals surface area contributed by atoms with Gasteiger partial charge in [0.1, 0.15) is 0 Å². The van der Waals surface area contributed by atoms with Crippen LogP contribution in [0.15, 0.2) is 0 Å². The average molecular weight is 207 g/mol. The van der Waals surface area contributed by atoms with Crippen molar-refractivity contribution in [2.45, 2.75) is 0 Å². The predicted octanol–water partition coefficient (Wildman–Crippen LogP) is -1.96. The number of nitrogens with two attached hydrogens (primary N) is 1. The average Bonchev–Trinajstić information content (AvgIpc) is 1.78. The molecular weight excluding hydrogens is 195 g/mol. The molecule has 0 bridgehead atoms. The predicted molar refractivity (Wildman–Crippen MR) is 44.1 cm³/mol. The van der Waals surface area contributed by atoms with Gasteiger partial charge in [0.15, 0.2) is 0 Å². The van der Waals surface area contributed by atoms with Crippen LogP contribution in [0.4, 0.5) is 0 Å². The zero-order valence-corrected chi connectivity index (χ0v) is 10.5. The zero-order chi connectivity index (χ0) is 8.04. The molecule has 0 atom stereocenters. The Labute approximate surface area is 109 Å². The van der Waals surface area contributed by atoms with Gasteiger partial charge in [-0.15, -0.1) is 0 Å². The molecular formula is C4H12KN2O3S. The van der Waals surface area contributed by atoms with Gasteiger partial charge in [-0.2, -0.15) is 8.42 Å². The first-order chi connectivity index (χ1) is 4.56. The molecule has 0 fully saturated rings. The fourth-order valence-corrected chi connectivity index (χ4v) is 0.830. The van der Waals surface area contributed by atoms with E-state index in [4.69, 9.17) is 10.3 Å². The Morgan fingerprint density at radius 3 is 2.27 bits per heavy atom. The minimum atomic E-state index is -3.81. The number of hydrogen-bond acceptors (Lipinski definition) is 4. The van der Waals surface area contributed by atoms with E-state index in [1.54, 1.807) is 0 Å². The molecule has 0 aliphatic carbocycles. The van der Waals surface area contributed by atoms with Gasteiger partial charge in [0.2, 0.25) is 0 Å². The van der Waals surface area contributed by atoms with Crippen molar-refractivity contribution in [1.82, 2.24) is 5.32 Å².